The van der Waals surface area contributed by atoms with E-state index in [4.69, 9.17) is 9.47 Å². The fourth-order valence-electron chi connectivity index (χ4n) is 2.65. The molecule has 0 saturated carbocycles. The first kappa shape index (κ1) is 17.0. The molecule has 0 spiro atoms. The molecule has 0 aromatic carbocycles. The largest absolute Gasteiger partial charge is 0.353 e. The maximum atomic E-state index is 5.73. The van der Waals surface area contributed by atoms with E-state index in [1.165, 1.54) is 77.0 Å². The summed E-state index contributed by atoms with van der Waals surface area (Å²) < 4.78 is 11.3. The van der Waals surface area contributed by atoms with Crippen LogP contribution in [0.4, 0.5) is 0 Å². The van der Waals surface area contributed by atoms with Gasteiger partial charge in [-0.05, 0) is 25.7 Å². The predicted molar refractivity (Wildman–Crippen MR) is 81.4 cm³/mol. The van der Waals surface area contributed by atoms with Crippen LogP contribution in [0, 0.1) is 0 Å². The van der Waals surface area contributed by atoms with Gasteiger partial charge >= 0.3 is 0 Å². The molecule has 1 aliphatic rings. The molecule has 2 nitrogen and oxygen atoms in total. The number of ether oxygens (including phenoxy) is 2. The van der Waals surface area contributed by atoms with Gasteiger partial charge in [0.15, 0.2) is 6.29 Å². The van der Waals surface area contributed by atoms with E-state index in [9.17, 15) is 0 Å². The van der Waals surface area contributed by atoms with Crippen molar-refractivity contribution in [1.29, 1.82) is 0 Å². The van der Waals surface area contributed by atoms with Crippen LogP contribution in [0.2, 0.25) is 0 Å². The molecule has 19 heavy (non-hydrogen) atoms. The zero-order valence-electron chi connectivity index (χ0n) is 13.0. The van der Waals surface area contributed by atoms with Crippen molar-refractivity contribution in [3.63, 3.8) is 0 Å². The molecule has 0 amide bonds. The lowest BCUT2D eigenvalue weighted by atomic mass is 10.1. The molecule has 0 radical (unpaired) electrons. The fraction of sp³-hybridized carbons (Fsp3) is 1.00. The highest BCUT2D eigenvalue weighted by Gasteiger charge is 2.13. The maximum Gasteiger partial charge on any atom is 0.157 e. The Kier molecular flexibility index (Phi) is 11.5. The van der Waals surface area contributed by atoms with E-state index in [2.05, 4.69) is 6.92 Å². The molecule has 2 heteroatoms. The van der Waals surface area contributed by atoms with Crippen LogP contribution in [-0.4, -0.2) is 19.5 Å². The van der Waals surface area contributed by atoms with E-state index in [-0.39, 0.29) is 6.29 Å². The van der Waals surface area contributed by atoms with Crippen LogP contribution >= 0.6 is 0 Å². The Bertz CT molecular complexity index is 176. The molecule has 0 aromatic rings. The van der Waals surface area contributed by atoms with Crippen molar-refractivity contribution < 1.29 is 9.47 Å². The average Bonchev–Trinajstić information content (AvgIpc) is 2.46. The molecule has 1 rings (SSSR count). The zero-order valence-corrected chi connectivity index (χ0v) is 13.0. The Hall–Kier alpha value is -0.0800. The molecule has 1 saturated heterocycles. The third-order valence-electron chi connectivity index (χ3n) is 3.94. The van der Waals surface area contributed by atoms with E-state index in [0.717, 1.165) is 19.6 Å². The van der Waals surface area contributed by atoms with Crippen LogP contribution in [0.1, 0.15) is 90.4 Å². The Morgan fingerprint density at radius 2 is 1.47 bits per heavy atom. The van der Waals surface area contributed by atoms with Crippen LogP contribution < -0.4 is 0 Å². The second-order valence-electron chi connectivity index (χ2n) is 5.85. The molecule has 1 atom stereocenters. The summed E-state index contributed by atoms with van der Waals surface area (Å²) in [5.74, 6) is 0. The number of hydrogen-bond donors (Lipinski definition) is 0. The lowest BCUT2D eigenvalue weighted by Gasteiger charge is -2.22. The molecule has 1 fully saturated rings. The lowest BCUT2D eigenvalue weighted by molar-refractivity contribution is -0.162. The van der Waals surface area contributed by atoms with Gasteiger partial charge in [-0.15, -0.1) is 0 Å². The van der Waals surface area contributed by atoms with Gasteiger partial charge in [0.1, 0.15) is 0 Å². The third-order valence-corrected chi connectivity index (χ3v) is 3.94. The van der Waals surface area contributed by atoms with Crippen molar-refractivity contribution in [3.05, 3.63) is 0 Å². The topological polar surface area (TPSA) is 18.5 Å². The van der Waals surface area contributed by atoms with Crippen molar-refractivity contribution in [2.24, 2.45) is 0 Å². The van der Waals surface area contributed by atoms with Crippen molar-refractivity contribution in [2.45, 2.75) is 96.7 Å². The van der Waals surface area contributed by atoms with Crippen LogP contribution in [0.5, 0.6) is 0 Å². The summed E-state index contributed by atoms with van der Waals surface area (Å²) in [6.07, 6.45) is 17.5. The van der Waals surface area contributed by atoms with Gasteiger partial charge in [0.05, 0.1) is 0 Å². The zero-order chi connectivity index (χ0) is 13.6. The van der Waals surface area contributed by atoms with Gasteiger partial charge in [0.2, 0.25) is 0 Å². The normalized spacial score (nSPS) is 19.7. The Balaban J connectivity index is 1.71. The molecule has 0 aliphatic carbocycles. The number of hydrogen-bond acceptors (Lipinski definition) is 2. The summed E-state index contributed by atoms with van der Waals surface area (Å²) in [7, 11) is 0. The SMILES string of the molecule is CCCCCCCCCCCCOC1CCCCO1. The van der Waals surface area contributed by atoms with E-state index in [1.54, 1.807) is 0 Å². The van der Waals surface area contributed by atoms with Crippen molar-refractivity contribution in [3.8, 4) is 0 Å². The van der Waals surface area contributed by atoms with Gasteiger partial charge in [0, 0.05) is 13.2 Å². The van der Waals surface area contributed by atoms with Crippen molar-refractivity contribution >= 4 is 0 Å². The second-order valence-corrected chi connectivity index (χ2v) is 5.85. The van der Waals surface area contributed by atoms with Crippen LogP contribution in [0.3, 0.4) is 0 Å². The molecule has 0 bridgehead atoms. The smallest absolute Gasteiger partial charge is 0.157 e. The standard InChI is InChI=1S/C17H34O2/c1-2-3-4-5-6-7-8-9-10-12-15-18-17-14-11-13-16-19-17/h17H,2-16H2,1H3. The van der Waals surface area contributed by atoms with Gasteiger partial charge in [-0.1, -0.05) is 64.7 Å². The van der Waals surface area contributed by atoms with Crippen LogP contribution in [-0.2, 0) is 9.47 Å². The van der Waals surface area contributed by atoms with Crippen molar-refractivity contribution in [1.82, 2.24) is 0 Å². The molecule has 1 heterocycles. The second kappa shape index (κ2) is 12.9. The summed E-state index contributed by atoms with van der Waals surface area (Å²) in [6, 6.07) is 0. The first-order valence-corrected chi connectivity index (χ1v) is 8.66. The maximum absolute atomic E-state index is 5.73. The Morgan fingerprint density at radius 3 is 2.05 bits per heavy atom. The van der Waals surface area contributed by atoms with Crippen LogP contribution in [0.15, 0.2) is 0 Å². The molecule has 114 valence electrons. The van der Waals surface area contributed by atoms with Gasteiger partial charge in [-0.2, -0.15) is 0 Å². The van der Waals surface area contributed by atoms with Crippen LogP contribution in [0.25, 0.3) is 0 Å². The number of unbranched alkanes of at least 4 members (excludes halogenated alkanes) is 9. The highest BCUT2D eigenvalue weighted by molar-refractivity contribution is 4.54. The van der Waals surface area contributed by atoms with Gasteiger partial charge < -0.3 is 9.47 Å². The molecule has 0 aromatic heterocycles. The third kappa shape index (κ3) is 10.4. The summed E-state index contributed by atoms with van der Waals surface area (Å²) in [5.41, 5.74) is 0. The van der Waals surface area contributed by atoms with E-state index >= 15 is 0 Å². The summed E-state index contributed by atoms with van der Waals surface area (Å²) in [5, 5.41) is 0. The highest BCUT2D eigenvalue weighted by Crippen LogP contribution is 2.15. The minimum atomic E-state index is 0.104. The van der Waals surface area contributed by atoms with Gasteiger partial charge in [-0.25, -0.2) is 0 Å². The molecular formula is C17H34O2. The highest BCUT2D eigenvalue weighted by atomic mass is 16.7. The van der Waals surface area contributed by atoms with E-state index < -0.39 is 0 Å². The predicted octanol–water partition coefficient (Wildman–Crippen LogP) is 5.45. The molecule has 0 N–H and O–H groups in total. The lowest BCUT2D eigenvalue weighted by Crippen LogP contribution is -2.22. The Morgan fingerprint density at radius 1 is 0.842 bits per heavy atom. The monoisotopic (exact) mass is 270 g/mol. The summed E-state index contributed by atoms with van der Waals surface area (Å²) in [4.78, 5) is 0. The minimum Gasteiger partial charge on any atom is -0.353 e. The summed E-state index contributed by atoms with van der Waals surface area (Å²) >= 11 is 0. The molecular weight excluding hydrogens is 236 g/mol. The molecule has 1 aliphatic heterocycles. The Labute approximate surface area is 120 Å². The quantitative estimate of drug-likeness (QED) is 0.439. The first-order valence-electron chi connectivity index (χ1n) is 8.66. The van der Waals surface area contributed by atoms with E-state index in [1.807, 2.05) is 0 Å². The van der Waals surface area contributed by atoms with E-state index in [0.29, 0.717) is 0 Å². The van der Waals surface area contributed by atoms with Crippen molar-refractivity contribution in [2.75, 3.05) is 13.2 Å². The summed E-state index contributed by atoms with van der Waals surface area (Å²) in [6.45, 7) is 4.06. The molecule has 1 unspecified atom stereocenters. The van der Waals surface area contributed by atoms with Gasteiger partial charge in [-0.3, -0.25) is 0 Å². The fourth-order valence-corrected chi connectivity index (χ4v) is 2.65. The first-order chi connectivity index (χ1) is 9.43. The van der Waals surface area contributed by atoms with Gasteiger partial charge in [0.25, 0.3) is 0 Å². The average molecular weight is 270 g/mol. The number of rotatable bonds is 12. The minimum absolute atomic E-state index is 0.104.